The first-order chi connectivity index (χ1) is 16.6. The molecule has 0 saturated carbocycles. The van der Waals surface area contributed by atoms with Crippen LogP contribution in [0.2, 0.25) is 0 Å². The zero-order chi connectivity index (χ0) is 25.8. The van der Waals surface area contributed by atoms with Crippen molar-refractivity contribution < 1.29 is 32.6 Å². The van der Waals surface area contributed by atoms with E-state index < -0.39 is 18.6 Å². The number of carbonyl (C=O) groups excluding carboxylic acids is 1. The number of aryl methyl sites for hydroxylation is 1. The zero-order valence-electron chi connectivity index (χ0n) is 20.4. The Morgan fingerprint density at radius 3 is 2.43 bits per heavy atom. The minimum absolute atomic E-state index is 0.0983. The number of ether oxygens (including phenoxy) is 1. The summed E-state index contributed by atoms with van der Waals surface area (Å²) in [6.07, 6.45) is -1.77. The number of nitrogens with zero attached hydrogens (tertiary/aromatic N) is 1. The van der Waals surface area contributed by atoms with Crippen LogP contribution in [0.25, 0.3) is 11.1 Å². The molecule has 35 heavy (non-hydrogen) atoms. The van der Waals surface area contributed by atoms with Gasteiger partial charge in [-0.3, -0.25) is 9.59 Å². The molecule has 0 atom stereocenters. The summed E-state index contributed by atoms with van der Waals surface area (Å²) >= 11 is 0. The topological polar surface area (TPSA) is 66.8 Å². The molecule has 2 rings (SSSR count). The molecule has 0 aliphatic carbocycles. The number of benzene rings is 2. The second kappa shape index (κ2) is 13.8. The SMILES string of the molecule is CCCCCC(=O)N(C)Cc1cccc(-c2ccc(CCC(=O)O)c(OCCCC(F)(F)F)c2)c1. The molecule has 2 aromatic rings. The molecule has 0 fully saturated rings. The zero-order valence-corrected chi connectivity index (χ0v) is 20.4. The van der Waals surface area contributed by atoms with Gasteiger partial charge in [0.1, 0.15) is 5.75 Å². The van der Waals surface area contributed by atoms with Crippen LogP contribution >= 0.6 is 0 Å². The third kappa shape index (κ3) is 10.4. The van der Waals surface area contributed by atoms with E-state index in [-0.39, 0.29) is 31.8 Å². The first-order valence-electron chi connectivity index (χ1n) is 12.0. The number of carboxylic acid groups (broad SMARTS) is 1. The van der Waals surface area contributed by atoms with E-state index in [1.54, 1.807) is 24.1 Å². The molecule has 192 valence electrons. The number of hydrogen-bond acceptors (Lipinski definition) is 3. The van der Waals surface area contributed by atoms with Crippen LogP contribution in [-0.4, -0.2) is 41.7 Å². The minimum atomic E-state index is -4.25. The maximum atomic E-state index is 12.5. The van der Waals surface area contributed by atoms with Crippen molar-refractivity contribution in [1.29, 1.82) is 0 Å². The van der Waals surface area contributed by atoms with Crippen molar-refractivity contribution in [3.63, 3.8) is 0 Å². The summed E-state index contributed by atoms with van der Waals surface area (Å²) in [6, 6.07) is 13.1. The van der Waals surface area contributed by atoms with Crippen molar-refractivity contribution in [2.24, 2.45) is 0 Å². The van der Waals surface area contributed by atoms with Gasteiger partial charge in [-0.2, -0.15) is 13.2 Å². The smallest absolute Gasteiger partial charge is 0.389 e. The average molecular weight is 494 g/mol. The van der Waals surface area contributed by atoms with E-state index in [4.69, 9.17) is 9.84 Å². The maximum Gasteiger partial charge on any atom is 0.389 e. The number of rotatable bonds is 14. The van der Waals surface area contributed by atoms with E-state index in [1.165, 1.54) is 0 Å². The molecule has 0 aliphatic rings. The van der Waals surface area contributed by atoms with Crippen LogP contribution in [0.15, 0.2) is 42.5 Å². The molecule has 0 spiro atoms. The number of hydrogen-bond donors (Lipinski definition) is 1. The summed E-state index contributed by atoms with van der Waals surface area (Å²) in [5, 5.41) is 9.01. The van der Waals surface area contributed by atoms with E-state index in [9.17, 15) is 22.8 Å². The predicted molar refractivity (Wildman–Crippen MR) is 129 cm³/mol. The molecule has 0 heterocycles. The molecule has 8 heteroatoms. The Morgan fingerprint density at radius 2 is 1.74 bits per heavy atom. The lowest BCUT2D eigenvalue weighted by Crippen LogP contribution is -2.25. The molecule has 0 bridgehead atoms. The molecule has 0 saturated heterocycles. The van der Waals surface area contributed by atoms with Gasteiger partial charge >= 0.3 is 12.1 Å². The largest absolute Gasteiger partial charge is 0.493 e. The van der Waals surface area contributed by atoms with Crippen LogP contribution in [0.3, 0.4) is 0 Å². The number of amides is 1. The number of carbonyl (C=O) groups is 2. The number of unbranched alkanes of at least 4 members (excludes halogenated alkanes) is 2. The van der Waals surface area contributed by atoms with Gasteiger partial charge in [0.05, 0.1) is 6.61 Å². The van der Waals surface area contributed by atoms with Crippen molar-refractivity contribution in [2.45, 2.75) is 71.0 Å². The molecule has 5 nitrogen and oxygen atoms in total. The fourth-order valence-electron chi connectivity index (χ4n) is 3.70. The Labute approximate surface area is 204 Å². The van der Waals surface area contributed by atoms with Crippen LogP contribution in [-0.2, 0) is 22.6 Å². The first-order valence-corrected chi connectivity index (χ1v) is 12.0. The lowest BCUT2D eigenvalue weighted by molar-refractivity contribution is -0.137. The van der Waals surface area contributed by atoms with E-state index in [2.05, 4.69) is 6.92 Å². The Hall–Kier alpha value is -3.03. The summed E-state index contributed by atoms with van der Waals surface area (Å²) in [7, 11) is 1.78. The fraction of sp³-hybridized carbons (Fsp3) is 0.481. The molecule has 1 N–H and O–H groups in total. The Balaban J connectivity index is 2.16. The standard InChI is InChI=1S/C27H34F3NO4/c1-3-4-5-10-25(32)31(2)19-20-8-6-9-22(17-20)23-12-11-21(13-14-26(33)34)24(18-23)35-16-7-15-27(28,29)30/h6,8-9,11-12,17-18H,3-5,7,10,13-16,19H2,1-2H3,(H,33,34). The van der Waals surface area contributed by atoms with Gasteiger partial charge in [0.15, 0.2) is 0 Å². The van der Waals surface area contributed by atoms with Gasteiger partial charge in [-0.25, -0.2) is 0 Å². The van der Waals surface area contributed by atoms with Crippen LogP contribution < -0.4 is 4.74 Å². The average Bonchev–Trinajstić information content (AvgIpc) is 2.80. The quantitative estimate of drug-likeness (QED) is 0.300. The first kappa shape index (κ1) is 28.2. The summed E-state index contributed by atoms with van der Waals surface area (Å²) in [4.78, 5) is 25.1. The predicted octanol–water partition coefficient (Wildman–Crippen LogP) is 6.63. The van der Waals surface area contributed by atoms with Crippen molar-refractivity contribution in [1.82, 2.24) is 4.90 Å². The summed E-state index contributed by atoms with van der Waals surface area (Å²) in [6.45, 7) is 2.45. The minimum Gasteiger partial charge on any atom is -0.493 e. The summed E-state index contributed by atoms with van der Waals surface area (Å²) in [5.41, 5.74) is 3.26. The third-order valence-electron chi connectivity index (χ3n) is 5.64. The van der Waals surface area contributed by atoms with Crippen molar-refractivity contribution in [3.05, 3.63) is 53.6 Å². The molecule has 0 aromatic heterocycles. The van der Waals surface area contributed by atoms with Gasteiger partial charge in [-0.15, -0.1) is 0 Å². The highest BCUT2D eigenvalue weighted by molar-refractivity contribution is 5.76. The second-order valence-electron chi connectivity index (χ2n) is 8.69. The van der Waals surface area contributed by atoms with Gasteiger partial charge in [0.2, 0.25) is 5.91 Å². The Bertz CT molecular complexity index is 975. The maximum absolute atomic E-state index is 12.5. The summed E-state index contributed by atoms with van der Waals surface area (Å²) in [5.74, 6) is -0.473. The highest BCUT2D eigenvalue weighted by Gasteiger charge is 2.26. The lowest BCUT2D eigenvalue weighted by Gasteiger charge is -2.18. The molecule has 1 amide bonds. The second-order valence-corrected chi connectivity index (χ2v) is 8.69. The van der Waals surface area contributed by atoms with Gasteiger partial charge in [-0.1, -0.05) is 50.1 Å². The molecule has 0 unspecified atom stereocenters. The van der Waals surface area contributed by atoms with Crippen LogP contribution in [0.4, 0.5) is 13.2 Å². The highest BCUT2D eigenvalue weighted by Crippen LogP contribution is 2.30. The van der Waals surface area contributed by atoms with Gasteiger partial charge in [0, 0.05) is 32.9 Å². The third-order valence-corrected chi connectivity index (χ3v) is 5.64. The van der Waals surface area contributed by atoms with E-state index in [0.29, 0.717) is 24.3 Å². The Morgan fingerprint density at radius 1 is 1.00 bits per heavy atom. The monoisotopic (exact) mass is 493 g/mol. The van der Waals surface area contributed by atoms with Crippen molar-refractivity contribution >= 4 is 11.9 Å². The molecular formula is C27H34F3NO4. The number of halogens is 3. The van der Waals surface area contributed by atoms with Crippen molar-refractivity contribution in [2.75, 3.05) is 13.7 Å². The number of alkyl halides is 3. The molecule has 0 radical (unpaired) electrons. The molecule has 0 aliphatic heterocycles. The molecule has 2 aromatic carbocycles. The van der Waals surface area contributed by atoms with Crippen LogP contribution in [0.5, 0.6) is 5.75 Å². The summed E-state index contributed by atoms with van der Waals surface area (Å²) < 4.78 is 43.1. The normalized spacial score (nSPS) is 11.3. The lowest BCUT2D eigenvalue weighted by atomic mass is 9.99. The number of carboxylic acids is 1. The van der Waals surface area contributed by atoms with Crippen LogP contribution in [0, 0.1) is 0 Å². The number of aliphatic carboxylic acids is 1. The van der Waals surface area contributed by atoms with E-state index in [0.717, 1.165) is 36.0 Å². The van der Waals surface area contributed by atoms with E-state index in [1.807, 2.05) is 30.3 Å². The highest BCUT2D eigenvalue weighted by atomic mass is 19.4. The van der Waals surface area contributed by atoms with Gasteiger partial charge in [0.25, 0.3) is 0 Å². The van der Waals surface area contributed by atoms with Crippen LogP contribution in [0.1, 0.15) is 63.0 Å². The van der Waals surface area contributed by atoms with E-state index >= 15 is 0 Å². The molecular weight excluding hydrogens is 459 g/mol. The fourth-order valence-corrected chi connectivity index (χ4v) is 3.70. The van der Waals surface area contributed by atoms with Gasteiger partial charge < -0.3 is 14.7 Å². The van der Waals surface area contributed by atoms with Gasteiger partial charge in [-0.05, 0) is 53.6 Å². The van der Waals surface area contributed by atoms with Crippen molar-refractivity contribution in [3.8, 4) is 16.9 Å². The Kier molecular flexibility index (Phi) is 11.1.